The summed E-state index contributed by atoms with van der Waals surface area (Å²) in [6.45, 7) is 4.54. The molecule has 4 rings (SSSR count). The number of hydrogen-bond donors (Lipinski definition) is 1. The van der Waals surface area contributed by atoms with Gasteiger partial charge in [0.2, 0.25) is 0 Å². The van der Waals surface area contributed by atoms with Crippen LogP contribution in [0, 0.1) is 11.8 Å². The van der Waals surface area contributed by atoms with Gasteiger partial charge in [-0.3, -0.25) is 9.48 Å². The van der Waals surface area contributed by atoms with Gasteiger partial charge in [0.1, 0.15) is 17.1 Å². The summed E-state index contributed by atoms with van der Waals surface area (Å²) in [4.78, 5) is 16.1. The lowest BCUT2D eigenvalue weighted by Crippen LogP contribution is -2.21. The highest BCUT2D eigenvalue weighted by Gasteiger charge is 2.33. The molecule has 0 bridgehead atoms. The van der Waals surface area contributed by atoms with E-state index in [2.05, 4.69) is 24.1 Å². The zero-order chi connectivity index (χ0) is 23.8. The first-order valence-corrected chi connectivity index (χ1v) is 11.1. The molecule has 9 heteroatoms. The Kier molecular flexibility index (Phi) is 6.32. The van der Waals surface area contributed by atoms with Gasteiger partial charge in [-0.2, -0.15) is 18.3 Å². The number of halogens is 3. The zero-order valence-electron chi connectivity index (χ0n) is 18.8. The maximum Gasteiger partial charge on any atom is 0.433 e. The van der Waals surface area contributed by atoms with Crippen LogP contribution in [0.15, 0.2) is 36.5 Å². The maximum absolute atomic E-state index is 12.9. The number of carbonyl (C=O) groups is 1. The molecule has 1 N–H and O–H groups in total. The molecule has 2 aromatic heterocycles. The number of nitrogens with zero attached hydrogens (tertiary/aromatic N) is 3. The molecule has 0 aliphatic heterocycles. The van der Waals surface area contributed by atoms with Crippen LogP contribution in [-0.2, 0) is 6.18 Å². The fraction of sp³-hybridized carbons (Fsp3) is 0.458. The Morgan fingerprint density at radius 1 is 1.18 bits per heavy atom. The normalized spacial score (nSPS) is 19.1. The number of hydrogen-bond acceptors (Lipinski definition) is 4. The van der Waals surface area contributed by atoms with Gasteiger partial charge < -0.3 is 10.1 Å². The lowest BCUT2D eigenvalue weighted by molar-refractivity contribution is -0.141. The minimum absolute atomic E-state index is 0.325. The number of ether oxygens (including phenoxy) is 1. The second-order valence-corrected chi connectivity index (χ2v) is 8.89. The summed E-state index contributed by atoms with van der Waals surface area (Å²) in [5, 5.41) is 8.16. The van der Waals surface area contributed by atoms with Crippen molar-refractivity contribution in [3.8, 4) is 5.75 Å². The Balaban J connectivity index is 1.56. The highest BCUT2D eigenvalue weighted by Crippen LogP contribution is 2.37. The fourth-order valence-electron chi connectivity index (χ4n) is 4.46. The van der Waals surface area contributed by atoms with Gasteiger partial charge >= 0.3 is 6.18 Å². The number of benzene rings is 1. The average Bonchev–Trinajstić information content (AvgIpc) is 3.21. The van der Waals surface area contributed by atoms with Gasteiger partial charge in [-0.25, -0.2) is 4.98 Å². The third kappa shape index (κ3) is 4.96. The van der Waals surface area contributed by atoms with E-state index in [1.54, 1.807) is 12.1 Å². The lowest BCUT2D eigenvalue weighted by atomic mass is 9.80. The number of anilines is 1. The number of methoxy groups -OCH3 is 1. The van der Waals surface area contributed by atoms with Crippen molar-refractivity contribution in [3.63, 3.8) is 0 Å². The number of alkyl halides is 3. The Bertz CT molecular complexity index is 1150. The molecule has 0 unspecified atom stereocenters. The maximum atomic E-state index is 12.9. The second kappa shape index (κ2) is 9.03. The van der Waals surface area contributed by atoms with Crippen LogP contribution in [0.5, 0.6) is 5.75 Å². The lowest BCUT2D eigenvalue weighted by Gasteiger charge is -2.30. The van der Waals surface area contributed by atoms with Gasteiger partial charge in [0, 0.05) is 17.6 Å². The first kappa shape index (κ1) is 23.1. The Morgan fingerprint density at radius 2 is 1.91 bits per heavy atom. The molecule has 0 saturated heterocycles. The summed E-state index contributed by atoms with van der Waals surface area (Å²) in [7, 11) is 1.46. The first-order valence-electron chi connectivity index (χ1n) is 11.1. The molecule has 0 atom stereocenters. The van der Waals surface area contributed by atoms with E-state index in [1.165, 1.54) is 26.0 Å². The summed E-state index contributed by atoms with van der Waals surface area (Å²) in [5.74, 6) is 1.05. The molecule has 2 heterocycles. The summed E-state index contributed by atoms with van der Waals surface area (Å²) in [6, 6.07) is 6.99. The standard InChI is InChI=1S/C24H27F3N4O2/c1-14(2)15-7-9-17(10-8-15)31-13-16-11-20(21(33-3)12-19(16)30-31)29-23(32)18-5-4-6-22(28-18)24(25,26)27/h4-6,11-15,17H,7-10H2,1-3H3,(H,29,32). The van der Waals surface area contributed by atoms with E-state index in [-0.39, 0.29) is 5.69 Å². The molecule has 1 aliphatic rings. The van der Waals surface area contributed by atoms with Crippen molar-refractivity contribution in [2.45, 2.75) is 51.7 Å². The topological polar surface area (TPSA) is 69.0 Å². The molecule has 0 spiro atoms. The van der Waals surface area contributed by atoms with E-state index >= 15 is 0 Å². The molecule has 6 nitrogen and oxygen atoms in total. The van der Waals surface area contributed by atoms with Crippen molar-refractivity contribution >= 4 is 22.5 Å². The minimum atomic E-state index is -4.63. The number of pyridine rings is 1. The average molecular weight is 461 g/mol. The van der Waals surface area contributed by atoms with Crippen molar-refractivity contribution in [3.05, 3.63) is 47.9 Å². The molecule has 1 saturated carbocycles. The highest BCUT2D eigenvalue weighted by atomic mass is 19.4. The van der Waals surface area contributed by atoms with Crippen molar-refractivity contribution in [1.82, 2.24) is 14.8 Å². The van der Waals surface area contributed by atoms with E-state index < -0.39 is 17.8 Å². The van der Waals surface area contributed by atoms with Gasteiger partial charge in [-0.1, -0.05) is 19.9 Å². The van der Waals surface area contributed by atoms with Gasteiger partial charge in [0.15, 0.2) is 0 Å². The van der Waals surface area contributed by atoms with Crippen LogP contribution < -0.4 is 10.1 Å². The van der Waals surface area contributed by atoms with Crippen molar-refractivity contribution in [1.29, 1.82) is 0 Å². The van der Waals surface area contributed by atoms with Crippen LogP contribution in [-0.4, -0.2) is 27.8 Å². The van der Waals surface area contributed by atoms with E-state index in [9.17, 15) is 18.0 Å². The number of rotatable bonds is 5. The third-order valence-corrected chi connectivity index (χ3v) is 6.42. The van der Waals surface area contributed by atoms with Crippen LogP contribution in [0.2, 0.25) is 0 Å². The van der Waals surface area contributed by atoms with Gasteiger partial charge in [-0.15, -0.1) is 0 Å². The molecular weight excluding hydrogens is 433 g/mol. The number of aromatic nitrogens is 3. The summed E-state index contributed by atoms with van der Waals surface area (Å²) in [6.07, 6.45) is 1.81. The predicted molar refractivity (Wildman–Crippen MR) is 119 cm³/mol. The van der Waals surface area contributed by atoms with Crippen LogP contribution in [0.3, 0.4) is 0 Å². The van der Waals surface area contributed by atoms with Crippen LogP contribution in [0.4, 0.5) is 18.9 Å². The Hall–Kier alpha value is -3.10. The van der Waals surface area contributed by atoms with Crippen LogP contribution in [0.1, 0.15) is 61.8 Å². The largest absolute Gasteiger partial charge is 0.494 e. The molecule has 176 valence electrons. The van der Waals surface area contributed by atoms with Crippen molar-refractivity contribution < 1.29 is 22.7 Å². The summed E-state index contributed by atoms with van der Waals surface area (Å²) >= 11 is 0. The fourth-order valence-corrected chi connectivity index (χ4v) is 4.46. The molecule has 1 fully saturated rings. The van der Waals surface area contributed by atoms with Gasteiger partial charge in [0.05, 0.1) is 24.4 Å². The van der Waals surface area contributed by atoms with E-state index in [4.69, 9.17) is 9.84 Å². The van der Waals surface area contributed by atoms with Gasteiger partial charge in [0.25, 0.3) is 5.91 Å². The smallest absolute Gasteiger partial charge is 0.433 e. The molecule has 0 radical (unpaired) electrons. The monoisotopic (exact) mass is 460 g/mol. The molecule has 1 aliphatic carbocycles. The number of nitrogens with one attached hydrogen (secondary N) is 1. The molecular formula is C24H27F3N4O2. The summed E-state index contributed by atoms with van der Waals surface area (Å²) < 4.78 is 46.2. The number of fused-ring (bicyclic) bond motifs is 1. The van der Waals surface area contributed by atoms with Gasteiger partial charge in [-0.05, 0) is 55.7 Å². The first-order chi connectivity index (χ1) is 15.7. The van der Waals surface area contributed by atoms with Crippen LogP contribution in [0.25, 0.3) is 10.9 Å². The zero-order valence-corrected chi connectivity index (χ0v) is 18.8. The number of carbonyl (C=O) groups excluding carboxylic acids is 1. The SMILES string of the molecule is COc1cc2nn(C3CCC(C(C)C)CC3)cc2cc1NC(=O)c1cccc(C(F)(F)F)n1. The van der Waals surface area contributed by atoms with Crippen LogP contribution >= 0.6 is 0 Å². The van der Waals surface area contributed by atoms with E-state index in [0.717, 1.165) is 41.8 Å². The predicted octanol–water partition coefficient (Wildman–Crippen LogP) is 6.10. The quantitative estimate of drug-likeness (QED) is 0.500. The third-order valence-electron chi connectivity index (χ3n) is 6.42. The van der Waals surface area contributed by atoms with Crippen molar-refractivity contribution in [2.24, 2.45) is 11.8 Å². The number of amides is 1. The Labute approximate surface area is 190 Å². The van der Waals surface area contributed by atoms with E-state index in [1.807, 2.05) is 10.9 Å². The summed E-state index contributed by atoms with van der Waals surface area (Å²) in [5.41, 5.74) is -0.374. The molecule has 3 aromatic rings. The highest BCUT2D eigenvalue weighted by molar-refractivity contribution is 6.05. The molecule has 1 aromatic carbocycles. The Morgan fingerprint density at radius 3 is 2.55 bits per heavy atom. The minimum Gasteiger partial charge on any atom is -0.494 e. The molecule has 33 heavy (non-hydrogen) atoms. The second-order valence-electron chi connectivity index (χ2n) is 8.89. The molecule has 1 amide bonds. The van der Waals surface area contributed by atoms with Crippen molar-refractivity contribution in [2.75, 3.05) is 12.4 Å². The van der Waals surface area contributed by atoms with E-state index in [0.29, 0.717) is 23.4 Å².